The van der Waals surface area contributed by atoms with Gasteiger partial charge < -0.3 is 11.1 Å². The van der Waals surface area contributed by atoms with E-state index in [0.717, 1.165) is 18.3 Å². The van der Waals surface area contributed by atoms with Crippen molar-refractivity contribution in [3.05, 3.63) is 23.9 Å². The first-order chi connectivity index (χ1) is 8.75. The average molecular weight is 263 g/mol. The SMILES string of the molecule is NC(=S)c1cccc(NCCCC2CCCC2)n1. The monoisotopic (exact) mass is 263 g/mol. The first-order valence-electron chi connectivity index (χ1n) is 6.76. The molecule has 1 saturated carbocycles. The van der Waals surface area contributed by atoms with E-state index in [-0.39, 0.29) is 0 Å². The van der Waals surface area contributed by atoms with Crippen molar-refractivity contribution >= 4 is 23.0 Å². The van der Waals surface area contributed by atoms with Crippen LogP contribution in [-0.4, -0.2) is 16.5 Å². The Morgan fingerprint density at radius 2 is 2.17 bits per heavy atom. The number of nitrogens with two attached hydrogens (primary N) is 1. The number of anilines is 1. The normalized spacial score (nSPS) is 15.8. The molecule has 0 amide bonds. The summed E-state index contributed by atoms with van der Waals surface area (Å²) >= 11 is 4.92. The molecule has 98 valence electrons. The molecule has 0 aromatic carbocycles. The Hall–Kier alpha value is -1.16. The van der Waals surface area contributed by atoms with Crippen LogP contribution in [0.3, 0.4) is 0 Å². The summed E-state index contributed by atoms with van der Waals surface area (Å²) in [6.07, 6.45) is 8.25. The van der Waals surface area contributed by atoms with Gasteiger partial charge in [-0.1, -0.05) is 44.0 Å². The smallest absolute Gasteiger partial charge is 0.126 e. The highest BCUT2D eigenvalue weighted by Gasteiger charge is 2.13. The van der Waals surface area contributed by atoms with E-state index >= 15 is 0 Å². The van der Waals surface area contributed by atoms with Crippen molar-refractivity contribution in [2.75, 3.05) is 11.9 Å². The zero-order chi connectivity index (χ0) is 12.8. The maximum atomic E-state index is 5.56. The predicted molar refractivity (Wildman–Crippen MR) is 79.8 cm³/mol. The summed E-state index contributed by atoms with van der Waals surface area (Å²) in [6.45, 7) is 0.976. The quantitative estimate of drug-likeness (QED) is 0.611. The molecular formula is C14H21N3S. The van der Waals surface area contributed by atoms with Crippen LogP contribution in [0, 0.1) is 5.92 Å². The Labute approximate surface area is 114 Å². The molecule has 0 atom stereocenters. The van der Waals surface area contributed by atoms with Crippen LogP contribution in [-0.2, 0) is 0 Å². The summed E-state index contributed by atoms with van der Waals surface area (Å²) < 4.78 is 0. The van der Waals surface area contributed by atoms with Crippen LogP contribution >= 0.6 is 12.2 Å². The van der Waals surface area contributed by atoms with E-state index in [1.807, 2.05) is 18.2 Å². The van der Waals surface area contributed by atoms with E-state index in [4.69, 9.17) is 18.0 Å². The van der Waals surface area contributed by atoms with Gasteiger partial charge in [0.05, 0.1) is 5.69 Å². The molecule has 3 N–H and O–H groups in total. The van der Waals surface area contributed by atoms with Gasteiger partial charge >= 0.3 is 0 Å². The van der Waals surface area contributed by atoms with Gasteiger partial charge in [0.25, 0.3) is 0 Å². The molecular weight excluding hydrogens is 242 g/mol. The maximum absolute atomic E-state index is 5.56. The first-order valence-corrected chi connectivity index (χ1v) is 7.17. The number of hydrogen-bond acceptors (Lipinski definition) is 3. The minimum Gasteiger partial charge on any atom is -0.388 e. The summed E-state index contributed by atoms with van der Waals surface area (Å²) in [7, 11) is 0. The van der Waals surface area contributed by atoms with Gasteiger partial charge in [0, 0.05) is 6.54 Å². The molecule has 0 spiro atoms. The van der Waals surface area contributed by atoms with Gasteiger partial charge in [-0.25, -0.2) is 4.98 Å². The fraction of sp³-hybridized carbons (Fsp3) is 0.571. The highest BCUT2D eigenvalue weighted by atomic mass is 32.1. The Balaban J connectivity index is 1.72. The van der Waals surface area contributed by atoms with Gasteiger partial charge in [-0.2, -0.15) is 0 Å². The molecule has 18 heavy (non-hydrogen) atoms. The lowest BCUT2D eigenvalue weighted by molar-refractivity contribution is 0.491. The van der Waals surface area contributed by atoms with Gasteiger partial charge in [0.15, 0.2) is 0 Å². The number of aromatic nitrogens is 1. The van der Waals surface area contributed by atoms with Crippen LogP contribution in [0.1, 0.15) is 44.2 Å². The molecule has 1 aliphatic carbocycles. The van der Waals surface area contributed by atoms with E-state index in [9.17, 15) is 0 Å². The molecule has 1 heterocycles. The number of thiocarbonyl (C=S) groups is 1. The zero-order valence-corrected chi connectivity index (χ0v) is 11.5. The Morgan fingerprint density at radius 1 is 1.39 bits per heavy atom. The second-order valence-electron chi connectivity index (χ2n) is 4.99. The third kappa shape index (κ3) is 3.95. The molecule has 0 radical (unpaired) electrons. The molecule has 1 aromatic rings. The van der Waals surface area contributed by atoms with Crippen molar-refractivity contribution in [2.24, 2.45) is 11.7 Å². The molecule has 3 nitrogen and oxygen atoms in total. The van der Waals surface area contributed by atoms with E-state index in [2.05, 4.69) is 10.3 Å². The number of hydrogen-bond donors (Lipinski definition) is 2. The summed E-state index contributed by atoms with van der Waals surface area (Å²) in [5.41, 5.74) is 6.25. The molecule has 0 bridgehead atoms. The summed E-state index contributed by atoms with van der Waals surface area (Å²) in [4.78, 5) is 4.72. The van der Waals surface area contributed by atoms with Crippen molar-refractivity contribution in [3.8, 4) is 0 Å². The third-order valence-electron chi connectivity index (χ3n) is 3.57. The van der Waals surface area contributed by atoms with Crippen LogP contribution in [0.25, 0.3) is 0 Å². The van der Waals surface area contributed by atoms with Crippen LogP contribution in [0.2, 0.25) is 0 Å². The molecule has 1 aliphatic rings. The topological polar surface area (TPSA) is 50.9 Å². The molecule has 4 heteroatoms. The van der Waals surface area contributed by atoms with Gasteiger partial charge in [0.2, 0.25) is 0 Å². The predicted octanol–water partition coefficient (Wildman–Crippen LogP) is 3.10. The molecule has 1 fully saturated rings. The third-order valence-corrected chi connectivity index (χ3v) is 3.78. The van der Waals surface area contributed by atoms with Crippen LogP contribution in [0.4, 0.5) is 5.82 Å². The van der Waals surface area contributed by atoms with Crippen LogP contribution in [0.15, 0.2) is 18.2 Å². The highest BCUT2D eigenvalue weighted by Crippen LogP contribution is 2.28. The lowest BCUT2D eigenvalue weighted by Crippen LogP contribution is -2.13. The van der Waals surface area contributed by atoms with E-state index in [1.165, 1.54) is 38.5 Å². The molecule has 0 unspecified atom stereocenters. The zero-order valence-electron chi connectivity index (χ0n) is 10.7. The van der Waals surface area contributed by atoms with Crippen LogP contribution < -0.4 is 11.1 Å². The summed E-state index contributed by atoms with van der Waals surface area (Å²) in [5, 5.41) is 3.34. The van der Waals surface area contributed by atoms with Gasteiger partial charge in [0.1, 0.15) is 10.8 Å². The fourth-order valence-corrected chi connectivity index (χ4v) is 2.69. The number of nitrogens with zero attached hydrogens (tertiary/aromatic N) is 1. The Kier molecular flexibility index (Phi) is 4.93. The second kappa shape index (κ2) is 6.69. The van der Waals surface area contributed by atoms with Crippen molar-refractivity contribution in [1.29, 1.82) is 0 Å². The van der Waals surface area contributed by atoms with Crippen molar-refractivity contribution in [3.63, 3.8) is 0 Å². The van der Waals surface area contributed by atoms with E-state index < -0.39 is 0 Å². The summed E-state index contributed by atoms with van der Waals surface area (Å²) in [6, 6.07) is 5.73. The highest BCUT2D eigenvalue weighted by molar-refractivity contribution is 7.80. The Morgan fingerprint density at radius 3 is 2.89 bits per heavy atom. The number of rotatable bonds is 6. The molecule has 0 aliphatic heterocycles. The summed E-state index contributed by atoms with van der Waals surface area (Å²) in [5.74, 6) is 1.83. The fourth-order valence-electron chi connectivity index (χ4n) is 2.58. The minimum atomic E-state index is 0.351. The van der Waals surface area contributed by atoms with E-state index in [1.54, 1.807) is 0 Å². The molecule has 1 aromatic heterocycles. The van der Waals surface area contributed by atoms with Gasteiger partial charge in [-0.15, -0.1) is 0 Å². The lowest BCUT2D eigenvalue weighted by atomic mass is 10.0. The maximum Gasteiger partial charge on any atom is 0.126 e. The Bertz CT molecular complexity index is 400. The lowest BCUT2D eigenvalue weighted by Gasteiger charge is -2.10. The first kappa shape index (κ1) is 13.3. The van der Waals surface area contributed by atoms with Crippen molar-refractivity contribution < 1.29 is 0 Å². The van der Waals surface area contributed by atoms with E-state index in [0.29, 0.717) is 10.7 Å². The largest absolute Gasteiger partial charge is 0.388 e. The van der Waals surface area contributed by atoms with Gasteiger partial charge in [-0.3, -0.25) is 0 Å². The molecule has 2 rings (SSSR count). The van der Waals surface area contributed by atoms with Crippen LogP contribution in [0.5, 0.6) is 0 Å². The second-order valence-corrected chi connectivity index (χ2v) is 5.43. The standard InChI is InChI=1S/C14H21N3S/c15-14(18)12-8-3-9-13(17-12)16-10-4-7-11-5-1-2-6-11/h3,8-9,11H,1-2,4-7,10H2,(H2,15,18)(H,16,17). The van der Waals surface area contributed by atoms with Crippen molar-refractivity contribution in [1.82, 2.24) is 4.98 Å². The minimum absolute atomic E-state index is 0.351. The number of nitrogens with one attached hydrogen (secondary N) is 1. The molecule has 0 saturated heterocycles. The average Bonchev–Trinajstić information content (AvgIpc) is 2.88. The number of pyridine rings is 1. The van der Waals surface area contributed by atoms with Gasteiger partial charge in [-0.05, 0) is 30.9 Å². The van der Waals surface area contributed by atoms with Crippen molar-refractivity contribution in [2.45, 2.75) is 38.5 Å².